The van der Waals surface area contributed by atoms with Gasteiger partial charge >= 0.3 is 11.8 Å². The molecule has 1 aromatic heterocycles. The lowest BCUT2D eigenvalue weighted by atomic mass is 9.83. The number of hydrogen-bond acceptors (Lipinski definition) is 4. The Hall–Kier alpha value is -2.08. The summed E-state index contributed by atoms with van der Waals surface area (Å²) in [5.41, 5.74) is 0.906. The second kappa shape index (κ2) is 7.87. The van der Waals surface area contributed by atoms with Crippen LogP contribution in [0.1, 0.15) is 56.3 Å². The summed E-state index contributed by atoms with van der Waals surface area (Å²) in [5.74, 6) is -0.599. The average Bonchev–Trinajstić information content (AvgIpc) is 3.11. The molecular weight excluding hydrogens is 320 g/mol. The number of carbonyl (C=O) groups is 2. The van der Waals surface area contributed by atoms with E-state index in [1.807, 2.05) is 0 Å². The number of allylic oxidation sites excluding steroid dienone is 1. The molecule has 2 amide bonds. The number of amides is 2. The third-order valence-electron chi connectivity index (χ3n) is 5.11. The van der Waals surface area contributed by atoms with Crippen molar-refractivity contribution in [2.24, 2.45) is 0 Å². The molecule has 0 aromatic carbocycles. The molecule has 2 aliphatic rings. The molecule has 6 heteroatoms. The van der Waals surface area contributed by atoms with Gasteiger partial charge < -0.3 is 20.2 Å². The van der Waals surface area contributed by atoms with Crippen molar-refractivity contribution >= 4 is 11.8 Å². The fourth-order valence-corrected chi connectivity index (χ4v) is 3.66. The van der Waals surface area contributed by atoms with Gasteiger partial charge in [0.25, 0.3) is 0 Å². The quantitative estimate of drug-likeness (QED) is 0.561. The molecule has 0 spiro atoms. The third-order valence-corrected chi connectivity index (χ3v) is 5.11. The third kappa shape index (κ3) is 4.31. The molecule has 0 radical (unpaired) electrons. The Labute approximate surface area is 147 Å². The Kier molecular flexibility index (Phi) is 5.58. The molecule has 1 unspecified atom stereocenters. The summed E-state index contributed by atoms with van der Waals surface area (Å²) in [6, 6.07) is 1.73. The Balaban J connectivity index is 1.44. The molecule has 0 fully saturated rings. The number of hydrogen-bond donors (Lipinski definition) is 3. The highest BCUT2D eigenvalue weighted by atomic mass is 16.3. The zero-order valence-electron chi connectivity index (χ0n) is 14.5. The van der Waals surface area contributed by atoms with E-state index in [-0.39, 0.29) is 6.54 Å². The van der Waals surface area contributed by atoms with Crippen LogP contribution < -0.4 is 10.6 Å². The van der Waals surface area contributed by atoms with Crippen molar-refractivity contribution in [1.29, 1.82) is 0 Å². The van der Waals surface area contributed by atoms with Gasteiger partial charge in [0.1, 0.15) is 11.4 Å². The number of rotatable bonds is 5. The minimum atomic E-state index is -1.16. The number of aryl methyl sites for hydroxylation is 1. The molecule has 3 N–H and O–H groups in total. The molecule has 1 heterocycles. The van der Waals surface area contributed by atoms with Crippen LogP contribution in [-0.2, 0) is 21.6 Å². The SMILES string of the molecule is O=C(NCCC1=CCCCC1)C(=O)NCC1(O)CCCc2occc21. The number of aliphatic hydroxyl groups is 1. The van der Waals surface area contributed by atoms with Gasteiger partial charge in [-0.3, -0.25) is 9.59 Å². The minimum absolute atomic E-state index is 0.0109. The van der Waals surface area contributed by atoms with E-state index >= 15 is 0 Å². The predicted octanol–water partition coefficient (Wildman–Crippen LogP) is 1.93. The molecule has 1 aromatic rings. The van der Waals surface area contributed by atoms with Crippen LogP contribution in [0.15, 0.2) is 28.4 Å². The summed E-state index contributed by atoms with van der Waals surface area (Å²) in [6.45, 7) is 0.477. The Morgan fingerprint density at radius 2 is 2.00 bits per heavy atom. The van der Waals surface area contributed by atoms with Crippen LogP contribution in [0, 0.1) is 0 Å². The fraction of sp³-hybridized carbons (Fsp3) is 0.579. The largest absolute Gasteiger partial charge is 0.469 e. The molecule has 6 nitrogen and oxygen atoms in total. The van der Waals surface area contributed by atoms with Crippen molar-refractivity contribution in [3.05, 3.63) is 35.3 Å². The van der Waals surface area contributed by atoms with Crippen LogP contribution in [0.3, 0.4) is 0 Å². The number of furan rings is 1. The summed E-state index contributed by atoms with van der Waals surface area (Å²) >= 11 is 0. The average molecular weight is 346 g/mol. The summed E-state index contributed by atoms with van der Waals surface area (Å²) in [4.78, 5) is 23.9. The predicted molar refractivity (Wildman–Crippen MR) is 92.7 cm³/mol. The maximum atomic E-state index is 12.0. The van der Waals surface area contributed by atoms with Crippen molar-refractivity contribution in [1.82, 2.24) is 10.6 Å². The van der Waals surface area contributed by atoms with E-state index in [1.54, 1.807) is 12.3 Å². The smallest absolute Gasteiger partial charge is 0.309 e. The van der Waals surface area contributed by atoms with Crippen LogP contribution in [0.4, 0.5) is 0 Å². The van der Waals surface area contributed by atoms with E-state index in [2.05, 4.69) is 16.7 Å². The standard InChI is InChI=1S/C19H26N2O4/c22-17(20-11-8-14-5-2-1-3-6-14)18(23)21-13-19(24)10-4-7-16-15(19)9-12-25-16/h5,9,12,24H,1-4,6-8,10-11,13H2,(H,20,22)(H,21,23). The van der Waals surface area contributed by atoms with Gasteiger partial charge in [0.2, 0.25) is 0 Å². The first-order valence-corrected chi connectivity index (χ1v) is 9.12. The molecule has 0 saturated carbocycles. The monoisotopic (exact) mass is 346 g/mol. The highest BCUT2D eigenvalue weighted by Crippen LogP contribution is 2.35. The summed E-state index contributed by atoms with van der Waals surface area (Å²) in [6.07, 6.45) is 11.3. The fourth-order valence-electron chi connectivity index (χ4n) is 3.66. The van der Waals surface area contributed by atoms with E-state index in [1.165, 1.54) is 18.4 Å². The van der Waals surface area contributed by atoms with Gasteiger partial charge in [0.15, 0.2) is 0 Å². The number of carbonyl (C=O) groups excluding carboxylic acids is 2. The van der Waals surface area contributed by atoms with E-state index < -0.39 is 17.4 Å². The van der Waals surface area contributed by atoms with E-state index in [0.29, 0.717) is 18.5 Å². The summed E-state index contributed by atoms with van der Waals surface area (Å²) in [7, 11) is 0. The minimum Gasteiger partial charge on any atom is -0.469 e. The van der Waals surface area contributed by atoms with Crippen molar-refractivity contribution < 1.29 is 19.1 Å². The Morgan fingerprint density at radius 3 is 2.80 bits per heavy atom. The Bertz CT molecular complexity index is 664. The van der Waals surface area contributed by atoms with Crippen LogP contribution in [-0.4, -0.2) is 30.0 Å². The number of nitrogens with one attached hydrogen (secondary N) is 2. The maximum absolute atomic E-state index is 12.0. The van der Waals surface area contributed by atoms with Gasteiger partial charge in [-0.25, -0.2) is 0 Å². The molecule has 0 bridgehead atoms. The molecule has 0 aliphatic heterocycles. The number of fused-ring (bicyclic) bond motifs is 1. The lowest BCUT2D eigenvalue weighted by molar-refractivity contribution is -0.140. The van der Waals surface area contributed by atoms with Gasteiger partial charge in [-0.15, -0.1) is 0 Å². The van der Waals surface area contributed by atoms with Crippen molar-refractivity contribution in [2.75, 3.05) is 13.1 Å². The van der Waals surface area contributed by atoms with E-state index in [4.69, 9.17) is 4.42 Å². The van der Waals surface area contributed by atoms with Crippen LogP contribution >= 0.6 is 0 Å². The molecule has 25 heavy (non-hydrogen) atoms. The molecule has 3 rings (SSSR count). The molecule has 1 atom stereocenters. The second-order valence-corrected chi connectivity index (χ2v) is 6.94. The second-order valence-electron chi connectivity index (χ2n) is 6.94. The summed E-state index contributed by atoms with van der Waals surface area (Å²) in [5, 5.41) is 16.0. The van der Waals surface area contributed by atoms with E-state index in [0.717, 1.165) is 37.9 Å². The molecule has 0 saturated heterocycles. The first-order valence-electron chi connectivity index (χ1n) is 9.12. The van der Waals surface area contributed by atoms with Gasteiger partial charge in [-0.05, 0) is 51.0 Å². The van der Waals surface area contributed by atoms with Crippen molar-refractivity contribution in [3.63, 3.8) is 0 Å². The van der Waals surface area contributed by atoms with Crippen LogP contribution in [0.5, 0.6) is 0 Å². The molecule has 2 aliphatic carbocycles. The van der Waals surface area contributed by atoms with Crippen LogP contribution in [0.2, 0.25) is 0 Å². The lowest BCUT2D eigenvalue weighted by Gasteiger charge is -2.31. The maximum Gasteiger partial charge on any atom is 0.309 e. The highest BCUT2D eigenvalue weighted by Gasteiger charge is 2.36. The van der Waals surface area contributed by atoms with Crippen LogP contribution in [0.25, 0.3) is 0 Å². The molecule has 136 valence electrons. The highest BCUT2D eigenvalue weighted by molar-refractivity contribution is 6.35. The Morgan fingerprint density at radius 1 is 1.16 bits per heavy atom. The van der Waals surface area contributed by atoms with Gasteiger partial charge in [-0.2, -0.15) is 0 Å². The van der Waals surface area contributed by atoms with Gasteiger partial charge in [0, 0.05) is 18.5 Å². The van der Waals surface area contributed by atoms with Crippen molar-refractivity contribution in [2.45, 2.75) is 57.0 Å². The summed E-state index contributed by atoms with van der Waals surface area (Å²) < 4.78 is 5.36. The van der Waals surface area contributed by atoms with Gasteiger partial charge in [-0.1, -0.05) is 11.6 Å². The first-order chi connectivity index (χ1) is 12.1. The lowest BCUT2D eigenvalue weighted by Crippen LogP contribution is -2.47. The normalized spacial score (nSPS) is 22.7. The zero-order valence-corrected chi connectivity index (χ0v) is 14.5. The van der Waals surface area contributed by atoms with Crippen molar-refractivity contribution in [3.8, 4) is 0 Å². The first kappa shape index (κ1) is 17.7. The molecular formula is C19H26N2O4. The topological polar surface area (TPSA) is 91.6 Å². The van der Waals surface area contributed by atoms with Gasteiger partial charge in [0.05, 0.1) is 12.8 Å². The zero-order chi connectivity index (χ0) is 17.7. The van der Waals surface area contributed by atoms with E-state index in [9.17, 15) is 14.7 Å².